The second kappa shape index (κ2) is 8.50. The molecule has 1 aromatic carbocycles. The van der Waals surface area contributed by atoms with Gasteiger partial charge in [-0.3, -0.25) is 4.79 Å². The van der Waals surface area contributed by atoms with Crippen LogP contribution in [-0.4, -0.2) is 43.1 Å². The Morgan fingerprint density at radius 3 is 2.60 bits per heavy atom. The second-order valence-electron chi connectivity index (χ2n) is 8.55. The molecule has 0 spiro atoms. The van der Waals surface area contributed by atoms with E-state index in [0.29, 0.717) is 36.3 Å². The van der Waals surface area contributed by atoms with Gasteiger partial charge in [-0.1, -0.05) is 13.8 Å². The van der Waals surface area contributed by atoms with E-state index >= 15 is 0 Å². The molecule has 7 nitrogen and oxygen atoms in total. The van der Waals surface area contributed by atoms with E-state index in [1.165, 1.54) is 0 Å². The van der Waals surface area contributed by atoms with Gasteiger partial charge in [-0.2, -0.15) is 0 Å². The minimum atomic E-state index is -0.614. The van der Waals surface area contributed by atoms with E-state index in [9.17, 15) is 14.4 Å². The van der Waals surface area contributed by atoms with Crippen molar-refractivity contribution in [2.45, 2.75) is 39.5 Å². The molecule has 2 aliphatic rings. The summed E-state index contributed by atoms with van der Waals surface area (Å²) in [7, 11) is 0. The summed E-state index contributed by atoms with van der Waals surface area (Å²) in [6.45, 7) is 5.04. The molecule has 1 aromatic heterocycles. The van der Waals surface area contributed by atoms with Crippen LogP contribution in [0.15, 0.2) is 27.4 Å². The standard InChI is InChI=1S/C23H27NO6/c1-14-8-15(2)11-24(10-14)21(25)12-29-22(26)13-28-16-6-7-18-17-4-3-5-19(17)23(27)30-20(18)9-16/h6-7,9,14-15H,3-5,8,10-13H2,1-2H3/t14-,15-/m0/s1. The molecule has 2 atom stereocenters. The van der Waals surface area contributed by atoms with E-state index in [-0.39, 0.29) is 24.7 Å². The average Bonchev–Trinajstić information content (AvgIpc) is 3.20. The van der Waals surface area contributed by atoms with E-state index in [2.05, 4.69) is 13.8 Å². The van der Waals surface area contributed by atoms with E-state index in [0.717, 1.165) is 42.2 Å². The van der Waals surface area contributed by atoms with E-state index in [4.69, 9.17) is 13.9 Å². The molecular weight excluding hydrogens is 386 g/mol. The molecule has 2 heterocycles. The first-order valence-electron chi connectivity index (χ1n) is 10.6. The Morgan fingerprint density at radius 2 is 1.83 bits per heavy atom. The van der Waals surface area contributed by atoms with Gasteiger partial charge in [0.05, 0.1) is 0 Å². The Hall–Kier alpha value is -2.83. The third-order valence-electron chi connectivity index (χ3n) is 5.88. The van der Waals surface area contributed by atoms with E-state index < -0.39 is 5.97 Å². The summed E-state index contributed by atoms with van der Waals surface area (Å²) < 4.78 is 16.0. The Bertz CT molecular complexity index is 1020. The molecule has 1 aliphatic carbocycles. The Balaban J connectivity index is 1.32. The number of likely N-dealkylation sites (tertiary alicyclic amines) is 1. The maximum atomic E-state index is 12.3. The van der Waals surface area contributed by atoms with Crippen LogP contribution >= 0.6 is 0 Å². The van der Waals surface area contributed by atoms with Gasteiger partial charge in [-0.15, -0.1) is 0 Å². The number of amides is 1. The number of esters is 1. The fourth-order valence-electron chi connectivity index (χ4n) is 4.64. The van der Waals surface area contributed by atoms with Crippen LogP contribution in [0.5, 0.6) is 5.75 Å². The van der Waals surface area contributed by atoms with Crippen molar-refractivity contribution >= 4 is 22.8 Å². The first-order valence-corrected chi connectivity index (χ1v) is 10.6. The third-order valence-corrected chi connectivity index (χ3v) is 5.88. The molecule has 0 N–H and O–H groups in total. The predicted molar refractivity (Wildman–Crippen MR) is 110 cm³/mol. The highest BCUT2D eigenvalue weighted by Gasteiger charge is 2.26. The third kappa shape index (κ3) is 4.35. The summed E-state index contributed by atoms with van der Waals surface area (Å²) in [4.78, 5) is 38.2. The second-order valence-corrected chi connectivity index (χ2v) is 8.55. The summed E-state index contributed by atoms with van der Waals surface area (Å²) in [6, 6.07) is 5.21. The SMILES string of the molecule is C[C@H]1C[C@H](C)CN(C(=O)COC(=O)COc2ccc3c4c(c(=O)oc3c2)CCC4)C1. The molecule has 1 amide bonds. The van der Waals surface area contributed by atoms with Gasteiger partial charge in [0.2, 0.25) is 0 Å². The zero-order valence-corrected chi connectivity index (χ0v) is 17.4. The number of ether oxygens (including phenoxy) is 2. The molecule has 1 aliphatic heterocycles. The maximum absolute atomic E-state index is 12.3. The fourth-order valence-corrected chi connectivity index (χ4v) is 4.64. The van der Waals surface area contributed by atoms with Gasteiger partial charge in [0.15, 0.2) is 13.2 Å². The van der Waals surface area contributed by atoms with Gasteiger partial charge in [0, 0.05) is 30.1 Å². The molecule has 0 saturated carbocycles. The predicted octanol–water partition coefficient (Wildman–Crippen LogP) is 2.71. The van der Waals surface area contributed by atoms with Crippen molar-refractivity contribution in [2.75, 3.05) is 26.3 Å². The highest BCUT2D eigenvalue weighted by Crippen LogP contribution is 2.29. The van der Waals surface area contributed by atoms with Crippen molar-refractivity contribution in [1.29, 1.82) is 0 Å². The Kier molecular flexibility index (Phi) is 5.79. The quantitative estimate of drug-likeness (QED) is 0.553. The van der Waals surface area contributed by atoms with Gasteiger partial charge in [-0.05, 0) is 55.2 Å². The molecule has 7 heteroatoms. The van der Waals surface area contributed by atoms with Crippen LogP contribution in [0.25, 0.3) is 11.0 Å². The summed E-state index contributed by atoms with van der Waals surface area (Å²) in [5, 5.41) is 0.910. The van der Waals surface area contributed by atoms with Crippen molar-refractivity contribution in [2.24, 2.45) is 11.8 Å². The van der Waals surface area contributed by atoms with Crippen LogP contribution in [0.1, 0.15) is 37.8 Å². The monoisotopic (exact) mass is 413 g/mol. The van der Waals surface area contributed by atoms with Gasteiger partial charge in [0.25, 0.3) is 5.91 Å². The molecule has 0 bridgehead atoms. The number of hydrogen-bond donors (Lipinski definition) is 0. The van der Waals surface area contributed by atoms with Crippen molar-refractivity contribution in [3.63, 3.8) is 0 Å². The molecule has 0 unspecified atom stereocenters. The molecule has 0 radical (unpaired) electrons. The topological polar surface area (TPSA) is 86.0 Å². The minimum absolute atomic E-state index is 0.178. The zero-order chi connectivity index (χ0) is 21.3. The largest absolute Gasteiger partial charge is 0.482 e. The lowest BCUT2D eigenvalue weighted by molar-refractivity contribution is -0.154. The van der Waals surface area contributed by atoms with Crippen LogP contribution in [-0.2, 0) is 27.2 Å². The number of carbonyl (C=O) groups is 2. The smallest absolute Gasteiger partial charge is 0.344 e. The van der Waals surface area contributed by atoms with Gasteiger partial charge < -0.3 is 18.8 Å². The van der Waals surface area contributed by atoms with Crippen LogP contribution < -0.4 is 10.4 Å². The molecule has 4 rings (SSSR count). The van der Waals surface area contributed by atoms with Crippen molar-refractivity contribution < 1.29 is 23.5 Å². The maximum Gasteiger partial charge on any atom is 0.344 e. The molecule has 1 fully saturated rings. The number of hydrogen-bond acceptors (Lipinski definition) is 6. The average molecular weight is 413 g/mol. The molecule has 1 saturated heterocycles. The highest BCUT2D eigenvalue weighted by molar-refractivity contribution is 5.83. The van der Waals surface area contributed by atoms with Crippen LogP contribution in [0.2, 0.25) is 0 Å². The number of aryl methyl sites for hydroxylation is 1. The number of benzene rings is 1. The fraction of sp³-hybridized carbons (Fsp3) is 0.522. The number of fused-ring (bicyclic) bond motifs is 3. The van der Waals surface area contributed by atoms with Crippen molar-refractivity contribution in [1.82, 2.24) is 4.90 Å². The lowest BCUT2D eigenvalue weighted by Crippen LogP contribution is -2.44. The first kappa shape index (κ1) is 20.4. The zero-order valence-electron chi connectivity index (χ0n) is 17.4. The van der Waals surface area contributed by atoms with Crippen LogP contribution in [0.4, 0.5) is 0 Å². The van der Waals surface area contributed by atoms with Crippen LogP contribution in [0.3, 0.4) is 0 Å². The highest BCUT2D eigenvalue weighted by atomic mass is 16.6. The van der Waals surface area contributed by atoms with Gasteiger partial charge >= 0.3 is 11.6 Å². The molecular formula is C23H27NO6. The summed E-state index contributed by atoms with van der Waals surface area (Å²) in [5.74, 6) is 0.516. The van der Waals surface area contributed by atoms with Crippen molar-refractivity contribution in [3.8, 4) is 5.75 Å². The van der Waals surface area contributed by atoms with E-state index in [1.54, 1.807) is 17.0 Å². The lowest BCUT2D eigenvalue weighted by atomic mass is 9.92. The number of nitrogens with zero attached hydrogens (tertiary/aromatic N) is 1. The molecule has 30 heavy (non-hydrogen) atoms. The first-order chi connectivity index (χ1) is 14.4. The number of rotatable bonds is 5. The van der Waals surface area contributed by atoms with E-state index in [1.807, 2.05) is 6.07 Å². The Morgan fingerprint density at radius 1 is 1.10 bits per heavy atom. The normalized spacial score (nSPS) is 20.8. The number of piperidine rings is 1. The summed E-state index contributed by atoms with van der Waals surface area (Å²) in [5.41, 5.74) is 1.97. The number of carbonyl (C=O) groups excluding carboxylic acids is 2. The van der Waals surface area contributed by atoms with Crippen LogP contribution in [0, 0.1) is 11.8 Å². The lowest BCUT2D eigenvalue weighted by Gasteiger charge is -2.34. The van der Waals surface area contributed by atoms with Gasteiger partial charge in [0.1, 0.15) is 11.3 Å². The minimum Gasteiger partial charge on any atom is -0.482 e. The van der Waals surface area contributed by atoms with Crippen molar-refractivity contribution in [3.05, 3.63) is 39.7 Å². The Labute approximate surface area is 174 Å². The molecule has 2 aromatic rings. The summed E-state index contributed by atoms with van der Waals surface area (Å²) in [6.07, 6.45) is 3.68. The van der Waals surface area contributed by atoms with Gasteiger partial charge in [-0.25, -0.2) is 9.59 Å². The summed E-state index contributed by atoms with van der Waals surface area (Å²) >= 11 is 0. The molecule has 160 valence electrons.